The zero-order chi connectivity index (χ0) is 20.4. The zero-order valence-corrected chi connectivity index (χ0v) is 17.1. The minimum absolute atomic E-state index is 0.00424. The van der Waals surface area contributed by atoms with Gasteiger partial charge >= 0.3 is 0 Å². The van der Waals surface area contributed by atoms with E-state index in [0.29, 0.717) is 22.3 Å². The predicted molar refractivity (Wildman–Crippen MR) is 107 cm³/mol. The van der Waals surface area contributed by atoms with E-state index in [1.54, 1.807) is 13.0 Å². The number of nitrogens with two attached hydrogens (primary N) is 1. The predicted octanol–water partition coefficient (Wildman–Crippen LogP) is 1.70. The van der Waals surface area contributed by atoms with Crippen molar-refractivity contribution in [1.29, 1.82) is 0 Å². The van der Waals surface area contributed by atoms with Gasteiger partial charge in [-0.25, -0.2) is 10.1 Å². The van der Waals surface area contributed by atoms with Crippen molar-refractivity contribution in [2.45, 2.75) is 26.3 Å². The highest BCUT2D eigenvalue weighted by molar-refractivity contribution is 7.18. The lowest BCUT2D eigenvalue weighted by molar-refractivity contribution is 0.0945. The van der Waals surface area contributed by atoms with E-state index >= 15 is 0 Å². The lowest BCUT2D eigenvalue weighted by atomic mass is 10.2. The molecule has 3 aromatic heterocycles. The van der Waals surface area contributed by atoms with Crippen molar-refractivity contribution < 1.29 is 9.42 Å². The van der Waals surface area contributed by atoms with Crippen LogP contribution < -0.4 is 11.2 Å². The number of halogens is 1. The van der Waals surface area contributed by atoms with Crippen LogP contribution in [0.2, 0.25) is 4.34 Å². The minimum Gasteiger partial charge on any atom is -0.378 e. The van der Waals surface area contributed by atoms with Crippen LogP contribution >= 0.6 is 22.9 Å². The number of amides is 1. The molecule has 0 saturated carbocycles. The van der Waals surface area contributed by atoms with E-state index in [9.17, 15) is 4.79 Å². The minimum atomic E-state index is -0.492. The van der Waals surface area contributed by atoms with Gasteiger partial charge in [-0.2, -0.15) is 9.78 Å². The quantitative estimate of drug-likeness (QED) is 0.440. The molecule has 1 amide bonds. The summed E-state index contributed by atoms with van der Waals surface area (Å²) in [7, 11) is 0. The summed E-state index contributed by atoms with van der Waals surface area (Å²) in [6, 6.07) is 3.61. The van der Waals surface area contributed by atoms with Crippen molar-refractivity contribution in [2.24, 2.45) is 5.10 Å². The van der Waals surface area contributed by atoms with Crippen molar-refractivity contribution in [1.82, 2.24) is 35.6 Å². The van der Waals surface area contributed by atoms with E-state index in [0.717, 1.165) is 30.8 Å². The molecule has 1 fully saturated rings. The van der Waals surface area contributed by atoms with Gasteiger partial charge in [0, 0.05) is 6.54 Å². The molecule has 3 aromatic rings. The SMILES string of the molecule is C/C(=N/NC(=O)c1c(CN2CCCC2)nnn1-c1nonc1N)c1ccc(Cl)s1. The van der Waals surface area contributed by atoms with Gasteiger partial charge < -0.3 is 5.73 Å². The fraction of sp³-hybridized carbons (Fsp3) is 0.375. The molecular formula is C16H18ClN9O2S. The number of nitrogens with zero attached hydrogens (tertiary/aromatic N) is 7. The monoisotopic (exact) mass is 435 g/mol. The van der Waals surface area contributed by atoms with Crippen molar-refractivity contribution in [2.75, 3.05) is 18.8 Å². The van der Waals surface area contributed by atoms with Crippen molar-refractivity contribution in [3.8, 4) is 5.82 Å². The Bertz CT molecular complexity index is 1050. The number of nitrogens with one attached hydrogen (secondary N) is 1. The molecule has 0 aromatic carbocycles. The van der Waals surface area contributed by atoms with Crippen LogP contribution in [0.1, 0.15) is 40.8 Å². The van der Waals surface area contributed by atoms with Crippen molar-refractivity contribution in [3.63, 3.8) is 0 Å². The van der Waals surface area contributed by atoms with Gasteiger partial charge in [0.05, 0.1) is 14.9 Å². The van der Waals surface area contributed by atoms with Crippen LogP contribution in [-0.2, 0) is 6.54 Å². The summed E-state index contributed by atoms with van der Waals surface area (Å²) in [5, 5.41) is 19.7. The lowest BCUT2D eigenvalue weighted by Gasteiger charge is -2.13. The molecule has 1 saturated heterocycles. The van der Waals surface area contributed by atoms with E-state index in [-0.39, 0.29) is 17.3 Å². The molecular weight excluding hydrogens is 418 g/mol. The first-order chi connectivity index (χ1) is 14.0. The molecule has 29 heavy (non-hydrogen) atoms. The topological polar surface area (TPSA) is 140 Å². The third kappa shape index (κ3) is 4.13. The first-order valence-corrected chi connectivity index (χ1v) is 10.1. The number of carbonyl (C=O) groups excluding carboxylic acids is 1. The van der Waals surface area contributed by atoms with Gasteiger partial charge in [-0.3, -0.25) is 9.69 Å². The lowest BCUT2D eigenvalue weighted by Crippen LogP contribution is -2.26. The molecule has 0 bridgehead atoms. The maximum absolute atomic E-state index is 13.0. The average molecular weight is 436 g/mol. The summed E-state index contributed by atoms with van der Waals surface area (Å²) >= 11 is 7.33. The summed E-state index contributed by atoms with van der Waals surface area (Å²) in [6.45, 7) is 4.15. The summed E-state index contributed by atoms with van der Waals surface area (Å²) in [5.74, 6) is -0.390. The van der Waals surface area contributed by atoms with Gasteiger partial charge in [0.1, 0.15) is 5.69 Å². The normalized spacial score (nSPS) is 15.2. The molecule has 0 radical (unpaired) electrons. The number of carbonyl (C=O) groups is 1. The first-order valence-electron chi connectivity index (χ1n) is 8.88. The summed E-state index contributed by atoms with van der Waals surface area (Å²) in [5.41, 5.74) is 9.63. The second-order valence-corrected chi connectivity index (χ2v) is 8.21. The van der Waals surface area contributed by atoms with E-state index in [1.807, 2.05) is 6.07 Å². The number of hydrogen-bond donors (Lipinski definition) is 2. The van der Waals surface area contributed by atoms with Gasteiger partial charge in [0.25, 0.3) is 5.91 Å². The average Bonchev–Trinajstić information content (AvgIpc) is 3.48. The standard InChI is InChI=1S/C16H18ClN9O2S/c1-9(11-4-5-12(17)29-11)19-21-16(27)13-10(8-25-6-2-3-7-25)20-24-26(13)15-14(18)22-28-23-15/h4-5H,2-3,6-8H2,1H3,(H2,18,22)(H,21,27)/b19-9-. The molecule has 0 atom stereocenters. The van der Waals surface area contributed by atoms with Crippen LogP contribution in [0.5, 0.6) is 0 Å². The van der Waals surface area contributed by atoms with E-state index in [2.05, 4.69) is 40.7 Å². The molecule has 4 heterocycles. The van der Waals surface area contributed by atoms with Crippen LogP contribution in [0.4, 0.5) is 5.82 Å². The Morgan fingerprint density at radius 1 is 1.38 bits per heavy atom. The number of aromatic nitrogens is 5. The number of hydrazone groups is 1. The highest BCUT2D eigenvalue weighted by Gasteiger charge is 2.27. The molecule has 4 rings (SSSR count). The van der Waals surface area contributed by atoms with E-state index in [4.69, 9.17) is 17.3 Å². The molecule has 152 valence electrons. The molecule has 3 N–H and O–H groups in total. The molecule has 0 spiro atoms. The van der Waals surface area contributed by atoms with Crippen LogP contribution in [0, 0.1) is 0 Å². The number of thiophene rings is 1. The Morgan fingerprint density at radius 3 is 2.83 bits per heavy atom. The van der Waals surface area contributed by atoms with Crippen molar-refractivity contribution in [3.05, 3.63) is 32.7 Å². The molecule has 0 unspecified atom stereocenters. The second-order valence-electron chi connectivity index (χ2n) is 6.49. The fourth-order valence-corrected chi connectivity index (χ4v) is 4.02. The first kappa shape index (κ1) is 19.5. The van der Waals surface area contributed by atoms with Crippen LogP contribution in [-0.4, -0.2) is 54.9 Å². The smallest absolute Gasteiger partial charge is 0.292 e. The Labute approximate surface area is 174 Å². The fourth-order valence-electron chi connectivity index (χ4n) is 3.04. The Morgan fingerprint density at radius 2 is 2.17 bits per heavy atom. The Balaban J connectivity index is 1.63. The number of nitrogen functional groups attached to an aromatic ring is 1. The van der Waals surface area contributed by atoms with Gasteiger partial charge in [-0.15, -0.1) is 16.4 Å². The molecule has 1 aliphatic heterocycles. The highest BCUT2D eigenvalue weighted by Crippen LogP contribution is 2.22. The van der Waals surface area contributed by atoms with Gasteiger partial charge in [-0.05, 0) is 55.3 Å². The maximum atomic E-state index is 13.0. The largest absolute Gasteiger partial charge is 0.378 e. The second kappa shape index (κ2) is 8.27. The number of anilines is 1. The Kier molecular flexibility index (Phi) is 5.56. The number of hydrogen-bond acceptors (Lipinski definition) is 10. The third-order valence-electron chi connectivity index (χ3n) is 4.48. The summed E-state index contributed by atoms with van der Waals surface area (Å²) in [4.78, 5) is 16.0. The summed E-state index contributed by atoms with van der Waals surface area (Å²) in [6.07, 6.45) is 2.23. The van der Waals surface area contributed by atoms with E-state index in [1.165, 1.54) is 16.0 Å². The molecule has 13 heteroatoms. The van der Waals surface area contributed by atoms with Gasteiger partial charge in [-0.1, -0.05) is 16.8 Å². The number of likely N-dealkylation sites (tertiary alicyclic amines) is 1. The Hall–Kier alpha value is -2.83. The van der Waals surface area contributed by atoms with Gasteiger partial charge in [0.2, 0.25) is 11.6 Å². The molecule has 11 nitrogen and oxygen atoms in total. The maximum Gasteiger partial charge on any atom is 0.292 e. The zero-order valence-electron chi connectivity index (χ0n) is 15.5. The van der Waals surface area contributed by atoms with Gasteiger partial charge in [0.15, 0.2) is 5.69 Å². The van der Waals surface area contributed by atoms with Crippen LogP contribution in [0.25, 0.3) is 5.82 Å². The van der Waals surface area contributed by atoms with Crippen LogP contribution in [0.3, 0.4) is 0 Å². The van der Waals surface area contributed by atoms with Crippen LogP contribution in [0.15, 0.2) is 21.9 Å². The molecule has 0 aliphatic carbocycles. The third-order valence-corrected chi connectivity index (χ3v) is 5.82. The van der Waals surface area contributed by atoms with Crippen molar-refractivity contribution >= 4 is 40.4 Å². The summed E-state index contributed by atoms with van der Waals surface area (Å²) < 4.78 is 6.51. The number of rotatable bonds is 6. The molecule has 1 aliphatic rings. The highest BCUT2D eigenvalue weighted by atomic mass is 35.5. The van der Waals surface area contributed by atoms with E-state index < -0.39 is 5.91 Å².